The fourth-order valence-electron chi connectivity index (χ4n) is 4.20. The Labute approximate surface area is 151 Å². The molecule has 4 rings (SSSR count). The molecule has 1 saturated carbocycles. The van der Waals surface area contributed by atoms with Gasteiger partial charge in [-0.3, -0.25) is 9.69 Å². The van der Waals surface area contributed by atoms with E-state index in [0.29, 0.717) is 37.4 Å². The van der Waals surface area contributed by atoms with Gasteiger partial charge in [0.25, 0.3) is 0 Å². The number of anilines is 1. The second-order valence-electron chi connectivity index (χ2n) is 7.16. The lowest BCUT2D eigenvalue weighted by Crippen LogP contribution is -2.33. The number of nitrogens with one attached hydrogen (secondary N) is 1. The summed E-state index contributed by atoms with van der Waals surface area (Å²) in [7, 11) is 0. The molecule has 1 heterocycles. The molecule has 1 aromatic carbocycles. The van der Waals surface area contributed by atoms with Crippen LogP contribution in [0.3, 0.4) is 0 Å². The number of benzene rings is 1. The van der Waals surface area contributed by atoms with Gasteiger partial charge in [0, 0.05) is 12.6 Å². The Morgan fingerprint density at radius 2 is 2.12 bits per heavy atom. The Morgan fingerprint density at radius 3 is 2.81 bits per heavy atom. The third-order valence-electron chi connectivity index (χ3n) is 5.55. The van der Waals surface area contributed by atoms with Crippen LogP contribution in [-0.4, -0.2) is 37.7 Å². The number of allylic oxidation sites excluding steroid dienone is 2. The molecule has 26 heavy (non-hydrogen) atoms. The van der Waals surface area contributed by atoms with Crippen molar-refractivity contribution in [2.24, 2.45) is 22.9 Å². The van der Waals surface area contributed by atoms with Gasteiger partial charge in [-0.2, -0.15) is 4.91 Å². The number of hydrogen-bond acceptors (Lipinski definition) is 5. The van der Waals surface area contributed by atoms with E-state index in [4.69, 9.17) is 4.74 Å². The quantitative estimate of drug-likeness (QED) is 0.795. The number of nitrogens with zero attached hydrogens (tertiary/aromatic N) is 2. The molecular formula is C19H21N3O4. The summed E-state index contributed by atoms with van der Waals surface area (Å²) in [5.74, 6) is 1.29. The predicted octanol–water partition coefficient (Wildman–Crippen LogP) is 2.56. The van der Waals surface area contributed by atoms with E-state index < -0.39 is 6.09 Å². The monoisotopic (exact) mass is 355 g/mol. The third-order valence-corrected chi connectivity index (χ3v) is 5.55. The summed E-state index contributed by atoms with van der Waals surface area (Å²) in [5, 5.41) is 5.72. The zero-order valence-electron chi connectivity index (χ0n) is 14.6. The summed E-state index contributed by atoms with van der Waals surface area (Å²) in [6, 6.07) is 7.87. The normalized spacial score (nSPS) is 29.0. The maximum absolute atomic E-state index is 12.1. The Hall–Kier alpha value is -2.70. The number of fused-ring (bicyclic) bond motifs is 1. The highest BCUT2D eigenvalue weighted by atomic mass is 16.6. The Bertz CT molecular complexity index is 773. The molecule has 7 nitrogen and oxygen atoms in total. The van der Waals surface area contributed by atoms with Crippen molar-refractivity contribution >= 4 is 23.3 Å². The SMILES string of the molecule is CC(=O)NC[C@H]1CN(c2ccc(C3=CC[C@@H]4[C@@H](CN=O)[C@H]34)cc2)C(=O)O1. The molecule has 0 bridgehead atoms. The van der Waals surface area contributed by atoms with Gasteiger partial charge in [-0.1, -0.05) is 23.4 Å². The molecule has 136 valence electrons. The molecule has 2 aliphatic carbocycles. The average Bonchev–Trinajstić information content (AvgIpc) is 2.96. The van der Waals surface area contributed by atoms with Crippen LogP contribution in [-0.2, 0) is 9.53 Å². The van der Waals surface area contributed by atoms with E-state index in [-0.39, 0.29) is 12.0 Å². The maximum atomic E-state index is 12.1. The number of carbonyl (C=O) groups is 2. The molecule has 0 spiro atoms. The Kier molecular flexibility index (Phi) is 4.22. The van der Waals surface area contributed by atoms with Crippen LogP contribution >= 0.6 is 0 Å². The van der Waals surface area contributed by atoms with E-state index in [9.17, 15) is 14.5 Å². The smallest absolute Gasteiger partial charge is 0.414 e. The molecule has 1 aromatic rings. The predicted molar refractivity (Wildman–Crippen MR) is 96.5 cm³/mol. The third kappa shape index (κ3) is 2.98. The second-order valence-corrected chi connectivity index (χ2v) is 7.16. The molecule has 1 N–H and O–H groups in total. The van der Waals surface area contributed by atoms with Crippen molar-refractivity contribution in [1.29, 1.82) is 0 Å². The topological polar surface area (TPSA) is 88.1 Å². The highest BCUT2D eigenvalue weighted by Gasteiger charge is 2.54. The minimum atomic E-state index is -0.396. The maximum Gasteiger partial charge on any atom is 0.414 e. The standard InChI is InChI=1S/C19H21N3O4/c1-11(23)20-8-14-10-22(19(24)26-14)13-4-2-12(3-5-13)15-6-7-16-17(9-21-25)18(15)16/h2-6,14,16-18H,7-10H2,1H3,(H,20,23)/t14-,16+,17+,18+/m0/s1. The number of cyclic esters (lactones) is 1. The molecule has 0 unspecified atom stereocenters. The summed E-state index contributed by atoms with van der Waals surface area (Å²) >= 11 is 0. The van der Waals surface area contributed by atoms with Crippen LogP contribution < -0.4 is 10.2 Å². The van der Waals surface area contributed by atoms with Gasteiger partial charge in [-0.05, 0) is 47.4 Å². The summed E-state index contributed by atoms with van der Waals surface area (Å²) in [4.78, 5) is 35.2. The van der Waals surface area contributed by atoms with Crippen molar-refractivity contribution in [1.82, 2.24) is 5.32 Å². The number of amides is 2. The van der Waals surface area contributed by atoms with E-state index in [1.54, 1.807) is 4.90 Å². The lowest BCUT2D eigenvalue weighted by Gasteiger charge is -2.14. The molecule has 1 saturated heterocycles. The largest absolute Gasteiger partial charge is 0.442 e. The van der Waals surface area contributed by atoms with Crippen LogP contribution in [0.15, 0.2) is 35.5 Å². The van der Waals surface area contributed by atoms with Crippen LogP contribution in [0.5, 0.6) is 0 Å². The number of nitroso groups, excluding NO2 is 1. The van der Waals surface area contributed by atoms with Crippen molar-refractivity contribution < 1.29 is 14.3 Å². The van der Waals surface area contributed by atoms with Gasteiger partial charge in [0.2, 0.25) is 5.91 Å². The van der Waals surface area contributed by atoms with Crippen molar-refractivity contribution in [2.45, 2.75) is 19.4 Å². The fraction of sp³-hybridized carbons (Fsp3) is 0.474. The van der Waals surface area contributed by atoms with Crippen LogP contribution in [0.1, 0.15) is 18.9 Å². The lowest BCUT2D eigenvalue weighted by molar-refractivity contribution is -0.119. The zero-order valence-corrected chi connectivity index (χ0v) is 14.6. The van der Waals surface area contributed by atoms with Crippen molar-refractivity contribution in [3.05, 3.63) is 40.8 Å². The molecular weight excluding hydrogens is 334 g/mol. The van der Waals surface area contributed by atoms with Gasteiger partial charge >= 0.3 is 6.09 Å². The van der Waals surface area contributed by atoms with Gasteiger partial charge in [0.05, 0.1) is 19.6 Å². The van der Waals surface area contributed by atoms with Gasteiger partial charge in [-0.25, -0.2) is 4.79 Å². The van der Waals surface area contributed by atoms with Crippen LogP contribution in [0, 0.1) is 22.7 Å². The van der Waals surface area contributed by atoms with Gasteiger partial charge in [0.15, 0.2) is 0 Å². The number of ether oxygens (including phenoxy) is 1. The first-order valence-electron chi connectivity index (χ1n) is 8.90. The summed E-state index contributed by atoms with van der Waals surface area (Å²) < 4.78 is 5.29. The van der Waals surface area contributed by atoms with Crippen LogP contribution in [0.4, 0.5) is 10.5 Å². The minimum absolute atomic E-state index is 0.143. The highest BCUT2D eigenvalue weighted by molar-refractivity contribution is 5.90. The molecule has 1 aliphatic heterocycles. The molecule has 2 fully saturated rings. The first-order chi connectivity index (χ1) is 12.6. The van der Waals surface area contributed by atoms with Crippen molar-refractivity contribution in [2.75, 3.05) is 24.5 Å². The Morgan fingerprint density at radius 1 is 1.35 bits per heavy atom. The lowest BCUT2D eigenvalue weighted by atomic mass is 10.0. The molecule has 2 amide bonds. The Balaban J connectivity index is 1.41. The second kappa shape index (κ2) is 6.55. The molecule has 7 heteroatoms. The fourth-order valence-corrected chi connectivity index (χ4v) is 4.20. The van der Waals surface area contributed by atoms with E-state index in [1.807, 2.05) is 24.3 Å². The van der Waals surface area contributed by atoms with E-state index in [2.05, 4.69) is 16.6 Å². The first-order valence-corrected chi connectivity index (χ1v) is 8.90. The summed E-state index contributed by atoms with van der Waals surface area (Å²) in [5.41, 5.74) is 3.21. The summed E-state index contributed by atoms with van der Waals surface area (Å²) in [6.07, 6.45) is 2.53. The average molecular weight is 355 g/mol. The molecule has 0 radical (unpaired) electrons. The number of carbonyl (C=O) groups excluding carboxylic acids is 2. The van der Waals surface area contributed by atoms with Crippen LogP contribution in [0.2, 0.25) is 0 Å². The van der Waals surface area contributed by atoms with Gasteiger partial charge < -0.3 is 10.1 Å². The molecule has 4 atom stereocenters. The minimum Gasteiger partial charge on any atom is -0.442 e. The number of rotatable bonds is 6. The zero-order chi connectivity index (χ0) is 18.3. The van der Waals surface area contributed by atoms with E-state index >= 15 is 0 Å². The van der Waals surface area contributed by atoms with Gasteiger partial charge in [0.1, 0.15) is 6.10 Å². The van der Waals surface area contributed by atoms with E-state index in [0.717, 1.165) is 17.7 Å². The van der Waals surface area contributed by atoms with Crippen molar-refractivity contribution in [3.8, 4) is 0 Å². The van der Waals surface area contributed by atoms with E-state index in [1.165, 1.54) is 12.5 Å². The van der Waals surface area contributed by atoms with Gasteiger partial charge in [-0.15, -0.1) is 0 Å². The first kappa shape index (κ1) is 16.8. The van der Waals surface area contributed by atoms with Crippen molar-refractivity contribution in [3.63, 3.8) is 0 Å². The highest BCUT2D eigenvalue weighted by Crippen LogP contribution is 2.60. The number of hydrogen-bond donors (Lipinski definition) is 1. The van der Waals surface area contributed by atoms with Crippen LogP contribution in [0.25, 0.3) is 5.57 Å². The summed E-state index contributed by atoms with van der Waals surface area (Å²) in [6.45, 7) is 2.57. The molecule has 0 aromatic heterocycles. The molecule has 3 aliphatic rings.